The van der Waals surface area contributed by atoms with E-state index in [0.717, 1.165) is 99.0 Å². The largest absolute Gasteiger partial charge is 0.309 e. The van der Waals surface area contributed by atoms with Gasteiger partial charge in [0.15, 0.2) is 0 Å². The molecule has 0 N–H and O–H groups in total. The second-order valence-corrected chi connectivity index (χ2v) is 21.1. The van der Waals surface area contributed by atoms with Gasteiger partial charge in [0.1, 0.15) is 0 Å². The fraction of sp³-hybridized carbons (Fsp3) is 0. The van der Waals surface area contributed by atoms with E-state index in [1.54, 1.807) is 42.5 Å². The van der Waals surface area contributed by atoms with Crippen LogP contribution in [0.2, 0.25) is 0 Å². The predicted octanol–water partition coefficient (Wildman–Crippen LogP) is 18.3. The van der Waals surface area contributed by atoms with Gasteiger partial charge < -0.3 is 13.7 Å². The molecule has 7 nitrogen and oxygen atoms in total. The van der Waals surface area contributed by atoms with Crippen LogP contribution in [-0.4, -0.2) is 25.5 Å². The zero-order valence-corrected chi connectivity index (χ0v) is 44.0. The highest BCUT2D eigenvalue weighted by atomic mass is 16.2. The maximum Gasteiger partial charge on any atom is 0.266 e. The second kappa shape index (κ2) is 18.4. The average molecular weight is 1050 g/mol. The van der Waals surface area contributed by atoms with Crippen molar-refractivity contribution in [1.82, 2.24) is 13.7 Å². The lowest BCUT2D eigenvalue weighted by atomic mass is 9.98. The van der Waals surface area contributed by atoms with Crippen molar-refractivity contribution in [3.05, 3.63) is 290 Å². The summed E-state index contributed by atoms with van der Waals surface area (Å²) in [6.45, 7) is 0. The normalized spacial score (nSPS) is 12.4. The Morgan fingerprint density at radius 2 is 0.610 bits per heavy atom. The summed E-state index contributed by atoms with van der Waals surface area (Å²) < 4.78 is 6.81. The molecule has 0 aliphatic carbocycles. The molecule has 0 fully saturated rings. The molecule has 0 spiro atoms. The van der Waals surface area contributed by atoms with Gasteiger partial charge in [0.2, 0.25) is 0 Å². The number of aromatic nitrogens is 3. The molecule has 16 rings (SSSR count). The molecular weight excluding hydrogens is 1000 g/mol. The molecule has 82 heavy (non-hydrogen) atoms. The summed E-state index contributed by atoms with van der Waals surface area (Å²) in [6, 6.07) is 96.7. The van der Waals surface area contributed by atoms with Crippen molar-refractivity contribution in [1.29, 1.82) is 5.26 Å². The highest BCUT2D eigenvalue weighted by Crippen LogP contribution is 2.44. The van der Waals surface area contributed by atoms with E-state index in [1.807, 2.05) is 12.1 Å². The van der Waals surface area contributed by atoms with E-state index in [1.165, 1.54) is 27.2 Å². The Balaban J connectivity index is 0.871. The van der Waals surface area contributed by atoms with Gasteiger partial charge in [0.05, 0.1) is 67.2 Å². The molecule has 3 aromatic heterocycles. The van der Waals surface area contributed by atoms with Gasteiger partial charge >= 0.3 is 0 Å². The number of anilines is 1. The lowest BCUT2D eigenvalue weighted by molar-refractivity contribution is 0.0926. The number of para-hydroxylation sites is 2. The molecular formula is C75H45N5O2. The average Bonchev–Trinajstić information content (AvgIpc) is 4.36. The summed E-state index contributed by atoms with van der Waals surface area (Å²) in [5.41, 5.74) is 19.3. The lowest BCUT2D eigenvalue weighted by Gasteiger charge is -2.20. The number of carbonyl (C=O) groups is 2. The van der Waals surface area contributed by atoms with Crippen LogP contribution in [0.15, 0.2) is 273 Å². The molecule has 0 bridgehead atoms. The molecule has 382 valence electrons. The van der Waals surface area contributed by atoms with Crippen molar-refractivity contribution >= 4 is 82.9 Å². The van der Waals surface area contributed by atoms with Crippen molar-refractivity contribution in [2.45, 2.75) is 0 Å². The summed E-state index contributed by atoms with van der Waals surface area (Å²) in [6.07, 6.45) is 0. The molecule has 0 atom stereocenters. The summed E-state index contributed by atoms with van der Waals surface area (Å²) in [7, 11) is 0. The summed E-state index contributed by atoms with van der Waals surface area (Å²) in [4.78, 5) is 29.8. The van der Waals surface area contributed by atoms with Crippen LogP contribution >= 0.6 is 0 Å². The zero-order chi connectivity index (χ0) is 54.6. The number of hydrogen-bond donors (Lipinski definition) is 0. The van der Waals surface area contributed by atoms with E-state index in [-0.39, 0.29) is 0 Å². The Hall–Kier alpha value is -11.3. The first-order valence-corrected chi connectivity index (χ1v) is 27.5. The van der Waals surface area contributed by atoms with Gasteiger partial charge in [0, 0.05) is 43.7 Å². The monoisotopic (exact) mass is 1050 g/mol. The van der Waals surface area contributed by atoms with Gasteiger partial charge in [0.25, 0.3) is 11.8 Å². The number of nitriles is 1. The van der Waals surface area contributed by atoms with Crippen LogP contribution in [0.3, 0.4) is 0 Å². The Morgan fingerprint density at radius 3 is 1.04 bits per heavy atom. The topological polar surface area (TPSA) is 76.0 Å². The summed E-state index contributed by atoms with van der Waals surface area (Å²) in [5, 5.41) is 17.0. The van der Waals surface area contributed by atoms with E-state index in [9.17, 15) is 14.9 Å². The number of fused-ring (bicyclic) bond motifs is 10. The van der Waals surface area contributed by atoms with Crippen LogP contribution in [0.25, 0.3) is 127 Å². The number of carbonyl (C=O) groups excluding carboxylic acids is 2. The Morgan fingerprint density at radius 1 is 0.268 bits per heavy atom. The molecule has 0 saturated heterocycles. The molecule has 2 amide bonds. The van der Waals surface area contributed by atoms with E-state index < -0.39 is 11.8 Å². The fourth-order valence-electron chi connectivity index (χ4n) is 12.7. The maximum absolute atomic E-state index is 14.3. The predicted molar refractivity (Wildman–Crippen MR) is 334 cm³/mol. The first-order valence-electron chi connectivity index (χ1n) is 27.5. The Kier molecular flexibility index (Phi) is 10.5. The quantitative estimate of drug-likeness (QED) is 0.142. The molecule has 0 unspecified atom stereocenters. The minimum absolute atomic E-state index is 0.349. The summed E-state index contributed by atoms with van der Waals surface area (Å²) in [5.74, 6) is -0.808. The number of hydrogen-bond acceptors (Lipinski definition) is 3. The van der Waals surface area contributed by atoms with Crippen molar-refractivity contribution in [2.24, 2.45) is 0 Å². The zero-order valence-electron chi connectivity index (χ0n) is 44.0. The summed E-state index contributed by atoms with van der Waals surface area (Å²) >= 11 is 0. The van der Waals surface area contributed by atoms with Crippen LogP contribution < -0.4 is 4.90 Å². The van der Waals surface area contributed by atoms with E-state index in [4.69, 9.17) is 0 Å². The highest BCUT2D eigenvalue weighted by molar-refractivity contribution is 6.35. The molecule has 1 aliphatic heterocycles. The maximum atomic E-state index is 14.3. The lowest BCUT2D eigenvalue weighted by Crippen LogP contribution is -2.30. The molecule has 4 heterocycles. The SMILES string of the molecule is N#Cc1ccc(N2C(=O)c3ccccc3C2=O)c(-n2c3ccc(-c4ccc5c(c4)c4ccccc4n5-c4ccc(-c5ccccc5)cc4)cc3c3cc(-c4ccc5c(c4)c4ccccc4n5-c4ccc(-c5ccccc5)cc4)ccc32)c1. The van der Waals surface area contributed by atoms with Crippen molar-refractivity contribution < 1.29 is 9.59 Å². The highest BCUT2D eigenvalue weighted by Gasteiger charge is 2.38. The van der Waals surface area contributed by atoms with E-state index >= 15 is 0 Å². The molecule has 1 aliphatic rings. The fourth-order valence-corrected chi connectivity index (χ4v) is 12.7. The van der Waals surface area contributed by atoms with Gasteiger partial charge in [-0.05, 0) is 160 Å². The van der Waals surface area contributed by atoms with Crippen molar-refractivity contribution in [3.8, 4) is 67.6 Å². The third kappa shape index (κ3) is 7.22. The number of rotatable bonds is 8. The minimum Gasteiger partial charge on any atom is -0.309 e. The van der Waals surface area contributed by atoms with Crippen LogP contribution in [0, 0.1) is 11.3 Å². The standard InChI is InChI=1S/C75H45N5O2/c76-46-47-23-36-72(80-74(81)60-19-7-8-20-61(60)75(80)82)73(41-47)79-70-39-30-54(52-28-37-68-62(42-52)58-17-9-11-21-66(58)77(68)56-32-24-50(25-33-56)48-13-3-1-4-14-48)44-64(70)65-45-55(31-40-71(65)79)53-29-38-69-63(43-53)59-18-10-12-22-67(59)78(69)57-34-26-51(27-35-57)49-15-5-2-6-16-49/h1-45H. The number of amides is 2. The Bertz CT molecular complexity index is 4900. The van der Waals surface area contributed by atoms with Crippen molar-refractivity contribution in [2.75, 3.05) is 4.90 Å². The van der Waals surface area contributed by atoms with Gasteiger partial charge in [-0.25, -0.2) is 4.90 Å². The van der Waals surface area contributed by atoms with Gasteiger partial charge in [-0.2, -0.15) is 5.26 Å². The van der Waals surface area contributed by atoms with Crippen LogP contribution in [0.1, 0.15) is 26.3 Å². The third-order valence-electron chi connectivity index (χ3n) is 16.6. The van der Waals surface area contributed by atoms with Crippen LogP contribution in [-0.2, 0) is 0 Å². The minimum atomic E-state index is -0.404. The van der Waals surface area contributed by atoms with Crippen molar-refractivity contribution in [3.63, 3.8) is 0 Å². The number of benzene rings is 12. The molecule has 7 heteroatoms. The molecule has 15 aromatic rings. The second-order valence-electron chi connectivity index (χ2n) is 21.1. The Labute approximate surface area is 471 Å². The molecule has 12 aromatic carbocycles. The van der Waals surface area contributed by atoms with Gasteiger partial charge in [-0.15, -0.1) is 0 Å². The number of nitrogens with zero attached hydrogens (tertiary/aromatic N) is 5. The van der Waals surface area contributed by atoms with E-state index in [2.05, 4.69) is 238 Å². The number of imide groups is 1. The molecule has 0 radical (unpaired) electrons. The van der Waals surface area contributed by atoms with Gasteiger partial charge in [-0.3, -0.25) is 9.59 Å². The van der Waals surface area contributed by atoms with Crippen LogP contribution in [0.4, 0.5) is 5.69 Å². The smallest absolute Gasteiger partial charge is 0.266 e. The third-order valence-corrected chi connectivity index (χ3v) is 16.6. The van der Waals surface area contributed by atoms with Crippen LogP contribution in [0.5, 0.6) is 0 Å². The first-order chi connectivity index (χ1) is 40.5. The first kappa shape index (κ1) is 46.7. The van der Waals surface area contributed by atoms with Gasteiger partial charge in [-0.1, -0.05) is 158 Å². The van der Waals surface area contributed by atoms with E-state index in [0.29, 0.717) is 28.1 Å². The molecule has 0 saturated carbocycles.